The van der Waals surface area contributed by atoms with Crippen LogP contribution in [-0.2, 0) is 4.79 Å². The summed E-state index contributed by atoms with van der Waals surface area (Å²) in [5.41, 5.74) is 0. The van der Waals surface area contributed by atoms with Crippen molar-refractivity contribution in [3.05, 3.63) is 5.82 Å². The maximum atomic E-state index is 11.9. The zero-order chi connectivity index (χ0) is 17.1. The molecule has 0 radical (unpaired) electrons. The molecule has 8 heteroatoms. The van der Waals surface area contributed by atoms with Gasteiger partial charge >= 0.3 is 6.03 Å². The molecule has 2 fully saturated rings. The summed E-state index contributed by atoms with van der Waals surface area (Å²) in [7, 11) is 0. The smallest absolute Gasteiger partial charge is 0.321 e. The lowest BCUT2D eigenvalue weighted by atomic mass is 10.1. The number of nitrogens with zero attached hydrogens (tertiary/aromatic N) is 3. The van der Waals surface area contributed by atoms with Gasteiger partial charge in [-0.3, -0.25) is 10.1 Å². The number of imide groups is 1. The standard InChI is InChI=1S/C16H25N5O2S/c1-10(2)7-8-17-15(23)18-13(22)9-24-16-20-19-14(11-3-4-11)21(16)12-5-6-12/h10-12H,3-9H2,1-2H3,(H2,17,18,22,23). The lowest BCUT2D eigenvalue weighted by Gasteiger charge is -2.09. The van der Waals surface area contributed by atoms with Gasteiger partial charge in [0.1, 0.15) is 5.82 Å². The fraction of sp³-hybridized carbons (Fsp3) is 0.750. The van der Waals surface area contributed by atoms with Crippen molar-refractivity contribution in [1.82, 2.24) is 25.4 Å². The topological polar surface area (TPSA) is 88.9 Å². The molecule has 7 nitrogen and oxygen atoms in total. The van der Waals surface area contributed by atoms with E-state index in [-0.39, 0.29) is 11.7 Å². The molecule has 2 saturated carbocycles. The van der Waals surface area contributed by atoms with Crippen LogP contribution in [-0.4, -0.2) is 39.0 Å². The highest BCUT2D eigenvalue weighted by Crippen LogP contribution is 2.45. The molecule has 0 atom stereocenters. The van der Waals surface area contributed by atoms with Gasteiger partial charge in [-0.1, -0.05) is 25.6 Å². The molecule has 1 aromatic rings. The first-order chi connectivity index (χ1) is 11.5. The first-order valence-corrected chi connectivity index (χ1v) is 9.68. The van der Waals surface area contributed by atoms with E-state index >= 15 is 0 Å². The van der Waals surface area contributed by atoms with E-state index in [9.17, 15) is 9.59 Å². The van der Waals surface area contributed by atoms with Crippen LogP contribution in [0.15, 0.2) is 5.16 Å². The van der Waals surface area contributed by atoms with Crippen molar-refractivity contribution < 1.29 is 9.59 Å². The summed E-state index contributed by atoms with van der Waals surface area (Å²) in [4.78, 5) is 23.6. The van der Waals surface area contributed by atoms with Crippen molar-refractivity contribution in [2.24, 2.45) is 5.92 Å². The number of urea groups is 1. The Kier molecular flexibility index (Phi) is 5.43. The van der Waals surface area contributed by atoms with E-state index in [1.807, 2.05) is 0 Å². The van der Waals surface area contributed by atoms with E-state index in [1.165, 1.54) is 24.6 Å². The quantitative estimate of drug-likeness (QED) is 0.702. The predicted molar refractivity (Wildman–Crippen MR) is 92.0 cm³/mol. The normalized spacial score (nSPS) is 17.1. The summed E-state index contributed by atoms with van der Waals surface area (Å²) in [5, 5.41) is 14.4. The van der Waals surface area contributed by atoms with E-state index in [4.69, 9.17) is 0 Å². The van der Waals surface area contributed by atoms with Crippen LogP contribution in [0.1, 0.15) is 63.7 Å². The van der Waals surface area contributed by atoms with Crippen molar-refractivity contribution >= 4 is 23.7 Å². The lowest BCUT2D eigenvalue weighted by Crippen LogP contribution is -2.40. The highest BCUT2D eigenvalue weighted by molar-refractivity contribution is 7.99. The van der Waals surface area contributed by atoms with Crippen LogP contribution < -0.4 is 10.6 Å². The molecule has 24 heavy (non-hydrogen) atoms. The molecule has 3 amide bonds. The van der Waals surface area contributed by atoms with Gasteiger partial charge in [0.05, 0.1) is 5.75 Å². The fourth-order valence-electron chi connectivity index (χ4n) is 2.49. The average molecular weight is 351 g/mol. The minimum Gasteiger partial charge on any atom is -0.338 e. The molecule has 0 unspecified atom stereocenters. The lowest BCUT2D eigenvalue weighted by molar-refractivity contribution is -0.117. The third kappa shape index (κ3) is 4.72. The van der Waals surface area contributed by atoms with Gasteiger partial charge in [-0.25, -0.2) is 4.79 Å². The Labute approximate surface area is 146 Å². The van der Waals surface area contributed by atoms with Gasteiger partial charge in [0, 0.05) is 18.5 Å². The first-order valence-electron chi connectivity index (χ1n) is 8.70. The molecule has 132 valence electrons. The molecule has 2 N–H and O–H groups in total. The summed E-state index contributed by atoms with van der Waals surface area (Å²) in [6.07, 6.45) is 5.59. The van der Waals surface area contributed by atoms with Gasteiger partial charge in [0.25, 0.3) is 0 Å². The number of rotatable bonds is 8. The van der Waals surface area contributed by atoms with Crippen LogP contribution in [0, 0.1) is 5.92 Å². The highest BCUT2D eigenvalue weighted by Gasteiger charge is 2.36. The Morgan fingerprint density at radius 2 is 2.00 bits per heavy atom. The molecule has 0 bridgehead atoms. The Morgan fingerprint density at radius 3 is 2.62 bits per heavy atom. The van der Waals surface area contributed by atoms with Crippen molar-refractivity contribution in [1.29, 1.82) is 0 Å². The fourth-order valence-corrected chi connectivity index (χ4v) is 3.31. The van der Waals surface area contributed by atoms with Crippen LogP contribution in [0.2, 0.25) is 0 Å². The van der Waals surface area contributed by atoms with Crippen molar-refractivity contribution in [2.75, 3.05) is 12.3 Å². The number of carbonyl (C=O) groups excluding carboxylic acids is 2. The summed E-state index contributed by atoms with van der Waals surface area (Å²) in [5.74, 6) is 2.01. The van der Waals surface area contributed by atoms with Crippen LogP contribution in [0.5, 0.6) is 0 Å². The van der Waals surface area contributed by atoms with E-state index in [0.717, 1.165) is 30.2 Å². The maximum absolute atomic E-state index is 11.9. The molecule has 3 rings (SSSR count). The number of hydrogen-bond acceptors (Lipinski definition) is 5. The second kappa shape index (κ2) is 7.55. The molecule has 1 heterocycles. The number of nitrogens with one attached hydrogen (secondary N) is 2. The second-order valence-electron chi connectivity index (χ2n) is 6.99. The number of carbonyl (C=O) groups is 2. The Morgan fingerprint density at radius 1 is 1.25 bits per heavy atom. The highest BCUT2D eigenvalue weighted by atomic mass is 32.2. The summed E-state index contributed by atoms with van der Waals surface area (Å²) in [6, 6.07) is 0.0732. The van der Waals surface area contributed by atoms with E-state index in [0.29, 0.717) is 24.4 Å². The largest absolute Gasteiger partial charge is 0.338 e. The molecular formula is C16H25N5O2S. The monoisotopic (exact) mass is 351 g/mol. The minimum atomic E-state index is -0.427. The van der Waals surface area contributed by atoms with Gasteiger partial charge in [0.15, 0.2) is 5.16 Å². The molecular weight excluding hydrogens is 326 g/mol. The SMILES string of the molecule is CC(C)CCNC(=O)NC(=O)CSc1nnc(C2CC2)n1C1CC1. The number of hydrogen-bond donors (Lipinski definition) is 2. The second-order valence-corrected chi connectivity index (χ2v) is 7.93. The minimum absolute atomic E-state index is 0.174. The van der Waals surface area contributed by atoms with Crippen molar-refractivity contribution in [2.45, 2.75) is 63.1 Å². The molecule has 0 saturated heterocycles. The molecule has 0 aromatic carbocycles. The van der Waals surface area contributed by atoms with Crippen LogP contribution in [0.4, 0.5) is 4.79 Å². The summed E-state index contributed by atoms with van der Waals surface area (Å²) in [6.45, 7) is 4.76. The third-order valence-electron chi connectivity index (χ3n) is 4.14. The predicted octanol–water partition coefficient (Wildman–Crippen LogP) is 2.45. The Hall–Kier alpha value is -1.57. The number of aromatic nitrogens is 3. The van der Waals surface area contributed by atoms with Crippen molar-refractivity contribution in [3.8, 4) is 0 Å². The van der Waals surface area contributed by atoms with E-state index < -0.39 is 6.03 Å². The zero-order valence-electron chi connectivity index (χ0n) is 14.2. The number of thioether (sulfide) groups is 1. The van der Waals surface area contributed by atoms with Crippen LogP contribution in [0.25, 0.3) is 0 Å². The zero-order valence-corrected chi connectivity index (χ0v) is 15.1. The molecule has 2 aliphatic rings. The molecule has 0 spiro atoms. The summed E-state index contributed by atoms with van der Waals surface area (Å²) < 4.78 is 2.21. The molecule has 2 aliphatic carbocycles. The van der Waals surface area contributed by atoms with Gasteiger partial charge in [-0.15, -0.1) is 10.2 Å². The van der Waals surface area contributed by atoms with Gasteiger partial charge < -0.3 is 9.88 Å². The first kappa shape index (κ1) is 17.3. The van der Waals surface area contributed by atoms with Crippen LogP contribution >= 0.6 is 11.8 Å². The van der Waals surface area contributed by atoms with Gasteiger partial charge in [-0.05, 0) is 38.0 Å². The average Bonchev–Trinajstić information content (AvgIpc) is 3.43. The van der Waals surface area contributed by atoms with Crippen molar-refractivity contribution in [3.63, 3.8) is 0 Å². The Bertz CT molecular complexity index is 608. The maximum Gasteiger partial charge on any atom is 0.321 e. The number of amides is 3. The van der Waals surface area contributed by atoms with Gasteiger partial charge in [-0.2, -0.15) is 0 Å². The Balaban J connectivity index is 1.45. The van der Waals surface area contributed by atoms with Crippen LogP contribution in [0.3, 0.4) is 0 Å². The molecule has 0 aliphatic heterocycles. The third-order valence-corrected chi connectivity index (χ3v) is 5.08. The molecule has 1 aromatic heterocycles. The van der Waals surface area contributed by atoms with E-state index in [1.54, 1.807) is 0 Å². The summed E-state index contributed by atoms with van der Waals surface area (Å²) >= 11 is 1.36. The van der Waals surface area contributed by atoms with Gasteiger partial charge in [0.2, 0.25) is 5.91 Å². The van der Waals surface area contributed by atoms with E-state index in [2.05, 4.69) is 39.2 Å².